The molecule has 2 saturated heterocycles. The maximum Gasteiger partial charge on any atom is 0.246 e. The van der Waals surface area contributed by atoms with Crippen LogP contribution in [0.15, 0.2) is 9.98 Å². The van der Waals surface area contributed by atoms with Crippen LogP contribution in [-0.2, 0) is 9.59 Å². The zero-order chi connectivity index (χ0) is 35.5. The largest absolute Gasteiger partial charge is 0.370 e. The molecule has 2 aliphatic carbocycles. The number of hydrogen-bond acceptors (Lipinski definition) is 12. The van der Waals surface area contributed by atoms with Gasteiger partial charge in [0.15, 0.2) is 11.9 Å². The van der Waals surface area contributed by atoms with Crippen molar-refractivity contribution < 1.29 is 9.59 Å². The monoisotopic (exact) mass is 730 g/mol. The average Bonchev–Trinajstić information content (AvgIpc) is 3.07. The zero-order valence-electron chi connectivity index (χ0n) is 28.5. The molecule has 2 heterocycles. The number of nitrogens with one attached hydrogen (secondary N) is 6. The molecule has 0 spiro atoms. The Hall–Kier alpha value is -1.86. The lowest BCUT2D eigenvalue weighted by atomic mass is 9.78. The first-order chi connectivity index (χ1) is 23.4. The number of aliphatic imine (C=N–C) groups is 2. The lowest BCUT2D eigenvalue weighted by molar-refractivity contribution is -0.124. The summed E-state index contributed by atoms with van der Waals surface area (Å²) in [5, 5.41) is 16.8. The minimum Gasteiger partial charge on any atom is -0.370 e. The van der Waals surface area contributed by atoms with Gasteiger partial charge in [-0.15, -0.1) is 23.2 Å². The molecular formula is C31H60Cl2N14O2. The van der Waals surface area contributed by atoms with E-state index in [0.29, 0.717) is 24.9 Å². The number of carbonyl (C=O) groups excluding carboxylic acids is 2. The highest BCUT2D eigenvalue weighted by Gasteiger charge is 2.37. The van der Waals surface area contributed by atoms with Gasteiger partial charge in [0.1, 0.15) is 23.1 Å². The van der Waals surface area contributed by atoms with Crippen LogP contribution in [-0.4, -0.2) is 84.6 Å². The third-order valence-corrected chi connectivity index (χ3v) is 11.4. The van der Waals surface area contributed by atoms with E-state index in [1.807, 2.05) is 0 Å². The van der Waals surface area contributed by atoms with Crippen molar-refractivity contribution in [1.29, 1.82) is 0 Å². The Bertz CT molecular complexity index is 1030. The van der Waals surface area contributed by atoms with Gasteiger partial charge in [-0.05, 0) is 49.4 Å². The van der Waals surface area contributed by atoms with E-state index in [2.05, 4.69) is 41.9 Å². The Morgan fingerprint density at radius 3 is 1.27 bits per heavy atom. The maximum atomic E-state index is 12.6. The van der Waals surface area contributed by atoms with Crippen LogP contribution in [0.2, 0.25) is 0 Å². The molecule has 0 aromatic heterocycles. The first-order valence-corrected chi connectivity index (χ1v) is 18.8. The summed E-state index contributed by atoms with van der Waals surface area (Å²) in [5.41, 5.74) is 34.3. The summed E-state index contributed by atoms with van der Waals surface area (Å²) in [6, 6.07) is -1.52. The van der Waals surface area contributed by atoms with Crippen molar-refractivity contribution in [3.63, 3.8) is 0 Å². The Morgan fingerprint density at radius 1 is 0.551 bits per heavy atom. The Labute approximate surface area is 300 Å². The molecule has 8 atom stereocenters. The number of alkyl halides is 2. The Kier molecular flexibility index (Phi) is 16.0. The van der Waals surface area contributed by atoms with Gasteiger partial charge in [-0.25, -0.2) is 0 Å². The average molecular weight is 732 g/mol. The summed E-state index contributed by atoms with van der Waals surface area (Å²) in [6.07, 6.45) is 13.4. The number of amides is 2. The van der Waals surface area contributed by atoms with E-state index in [1.165, 1.54) is 57.8 Å². The zero-order valence-corrected chi connectivity index (χ0v) is 30.0. The number of guanidine groups is 2. The SMILES string of the molecule is NC(=NCC1CCC(CCCCCC2CCC(CN=C(N)NC(=O)C3NC(Cl)C(N)NC3N)CC2)CC1)NC(=O)C1NC(Cl)C(N)NC1N. The molecule has 280 valence electrons. The third kappa shape index (κ3) is 12.7. The number of hydrogen-bond donors (Lipinski definition) is 12. The predicted molar refractivity (Wildman–Crippen MR) is 195 cm³/mol. The highest BCUT2D eigenvalue weighted by molar-refractivity contribution is 6.21. The van der Waals surface area contributed by atoms with Gasteiger partial charge in [-0.1, -0.05) is 57.8 Å². The second-order valence-corrected chi connectivity index (χ2v) is 15.3. The van der Waals surface area contributed by atoms with E-state index in [1.54, 1.807) is 0 Å². The normalized spacial score (nSPS) is 37.8. The van der Waals surface area contributed by atoms with Crippen molar-refractivity contribution in [2.45, 2.75) is 131 Å². The van der Waals surface area contributed by atoms with Crippen molar-refractivity contribution in [3.05, 3.63) is 0 Å². The second-order valence-electron chi connectivity index (χ2n) is 14.4. The number of carbonyl (C=O) groups is 2. The Balaban J connectivity index is 1.01. The molecule has 0 radical (unpaired) electrons. The lowest BCUT2D eigenvalue weighted by Gasteiger charge is -2.36. The number of rotatable bonds is 12. The van der Waals surface area contributed by atoms with Crippen molar-refractivity contribution in [2.75, 3.05) is 13.1 Å². The van der Waals surface area contributed by atoms with E-state index in [0.717, 1.165) is 37.5 Å². The Morgan fingerprint density at radius 2 is 0.898 bits per heavy atom. The van der Waals surface area contributed by atoms with Crippen molar-refractivity contribution in [2.24, 2.45) is 68.1 Å². The maximum absolute atomic E-state index is 12.6. The molecule has 18 N–H and O–H groups in total. The fourth-order valence-corrected chi connectivity index (χ4v) is 7.85. The summed E-state index contributed by atoms with van der Waals surface area (Å²) in [4.78, 5) is 34.0. The predicted octanol–water partition coefficient (Wildman–Crippen LogP) is -1.20. The molecule has 2 amide bonds. The fourth-order valence-electron chi connectivity index (χ4n) is 7.43. The van der Waals surface area contributed by atoms with Gasteiger partial charge in [0.2, 0.25) is 11.8 Å². The lowest BCUT2D eigenvalue weighted by Crippen LogP contribution is -2.73. The molecule has 8 unspecified atom stereocenters. The van der Waals surface area contributed by atoms with Crippen LogP contribution < -0.4 is 66.3 Å². The fraction of sp³-hybridized carbons (Fsp3) is 0.871. The summed E-state index contributed by atoms with van der Waals surface area (Å²) in [5.74, 6) is 1.97. The molecule has 0 aromatic carbocycles. The first-order valence-electron chi connectivity index (χ1n) is 18.0. The summed E-state index contributed by atoms with van der Waals surface area (Å²) < 4.78 is 0. The highest BCUT2D eigenvalue weighted by atomic mass is 35.5. The molecule has 16 nitrogen and oxygen atoms in total. The summed E-state index contributed by atoms with van der Waals surface area (Å²) in [6.45, 7) is 1.22. The highest BCUT2D eigenvalue weighted by Crippen LogP contribution is 2.34. The van der Waals surface area contributed by atoms with Gasteiger partial charge in [0.25, 0.3) is 0 Å². The van der Waals surface area contributed by atoms with Crippen molar-refractivity contribution in [1.82, 2.24) is 31.9 Å². The van der Waals surface area contributed by atoms with Crippen molar-refractivity contribution in [3.8, 4) is 0 Å². The van der Waals surface area contributed by atoms with Crippen molar-refractivity contribution >= 4 is 46.9 Å². The molecular weight excluding hydrogens is 671 g/mol. The van der Waals surface area contributed by atoms with E-state index in [9.17, 15) is 9.59 Å². The van der Waals surface area contributed by atoms with Crippen LogP contribution >= 0.6 is 23.2 Å². The number of piperazine rings is 2. The van der Waals surface area contributed by atoms with Gasteiger partial charge in [0.05, 0.1) is 24.7 Å². The molecule has 2 saturated carbocycles. The standard InChI is InChI=1S/C31H60Cl2N14O2/c32-22-26(36)44-24(34)20(42-22)28(48)46-30(38)40-14-18-10-6-16(7-11-18)4-2-1-3-5-17-8-12-19(13-9-17)15-41-31(39)47-29(49)21-25(35)45-27(37)23(33)43-21/h16-27,42-45H,1-15,34-37H2,(H3,38,40,46,48)(H3,39,41,47,49). The smallest absolute Gasteiger partial charge is 0.246 e. The summed E-state index contributed by atoms with van der Waals surface area (Å²) in [7, 11) is 0. The van der Waals surface area contributed by atoms with Crippen LogP contribution in [0.25, 0.3) is 0 Å². The van der Waals surface area contributed by atoms with Crippen LogP contribution in [0.5, 0.6) is 0 Å². The topological polar surface area (TPSA) is 287 Å². The van der Waals surface area contributed by atoms with Gasteiger partial charge in [-0.2, -0.15) is 0 Å². The van der Waals surface area contributed by atoms with E-state index >= 15 is 0 Å². The van der Waals surface area contributed by atoms with Gasteiger partial charge in [-0.3, -0.25) is 51.5 Å². The molecule has 18 heteroatoms. The van der Waals surface area contributed by atoms with E-state index < -0.39 is 47.7 Å². The molecule has 4 fully saturated rings. The van der Waals surface area contributed by atoms with Gasteiger partial charge in [0, 0.05) is 13.1 Å². The van der Waals surface area contributed by atoms with E-state index in [-0.39, 0.29) is 23.7 Å². The molecule has 4 aliphatic rings. The molecule has 4 rings (SSSR count). The third-order valence-electron chi connectivity index (χ3n) is 10.6. The second kappa shape index (κ2) is 19.7. The first kappa shape index (κ1) is 39.9. The van der Waals surface area contributed by atoms with Crippen LogP contribution in [0.4, 0.5) is 0 Å². The van der Waals surface area contributed by atoms with Gasteiger partial charge >= 0.3 is 0 Å². The van der Waals surface area contributed by atoms with E-state index in [4.69, 9.17) is 57.6 Å². The minimum atomic E-state index is -0.758. The molecule has 2 aliphatic heterocycles. The van der Waals surface area contributed by atoms with Crippen LogP contribution in [0.1, 0.15) is 83.5 Å². The summed E-state index contributed by atoms with van der Waals surface area (Å²) >= 11 is 12.2. The number of halogens is 2. The van der Waals surface area contributed by atoms with Crippen LogP contribution in [0, 0.1) is 23.7 Å². The number of nitrogens with two attached hydrogens (primary N) is 6. The van der Waals surface area contributed by atoms with Gasteiger partial charge < -0.3 is 34.4 Å². The minimum absolute atomic E-state index is 0.101. The molecule has 49 heavy (non-hydrogen) atoms. The quantitative estimate of drug-likeness (QED) is 0.0371. The molecule has 0 bridgehead atoms. The van der Waals surface area contributed by atoms with Crippen LogP contribution in [0.3, 0.4) is 0 Å². The number of nitrogens with zero attached hydrogens (tertiary/aromatic N) is 2. The molecule has 0 aromatic rings. The number of unbranched alkanes of at least 4 members (excludes halogenated alkanes) is 2.